The van der Waals surface area contributed by atoms with Crippen LogP contribution in [-0.4, -0.2) is 9.55 Å². The highest BCUT2D eigenvalue weighted by Crippen LogP contribution is 2.39. The molecule has 0 unspecified atom stereocenters. The van der Waals surface area contributed by atoms with Gasteiger partial charge < -0.3 is 13.4 Å². The molecule has 7 aromatic carbocycles. The van der Waals surface area contributed by atoms with Gasteiger partial charge in [0.05, 0.1) is 16.4 Å². The zero-order valence-electron chi connectivity index (χ0n) is 24.1. The van der Waals surface area contributed by atoms with Crippen LogP contribution in [0.4, 0.5) is 0 Å². The van der Waals surface area contributed by atoms with Crippen LogP contribution in [-0.2, 0) is 0 Å². The van der Waals surface area contributed by atoms with Crippen molar-refractivity contribution in [2.75, 3.05) is 0 Å². The lowest BCUT2D eigenvalue weighted by molar-refractivity contribution is 0.622. The molecule has 10 aromatic rings. The second-order valence-corrected chi connectivity index (χ2v) is 11.6. The highest BCUT2D eigenvalue weighted by Gasteiger charge is 2.18. The molecule has 0 aliphatic heterocycles. The van der Waals surface area contributed by atoms with Crippen molar-refractivity contribution >= 4 is 65.6 Å². The molecule has 0 saturated carbocycles. The first kappa shape index (κ1) is 24.3. The minimum absolute atomic E-state index is 0.590. The standard InChI is InChI=1S/C41H24N2O2/c1-2-8-25(9-3-1)29-16-19-32-38(24-29)44-37-21-20-34-40(39(32)37)45-41(42-34)26-14-17-30(18-15-26)43-35-13-7-6-12-31(35)33-22-27-10-4-5-11-28(27)23-36(33)43/h1-24H. The topological polar surface area (TPSA) is 44.1 Å². The second-order valence-electron chi connectivity index (χ2n) is 11.6. The first-order valence-corrected chi connectivity index (χ1v) is 15.1. The number of oxazole rings is 1. The highest BCUT2D eigenvalue weighted by molar-refractivity contribution is 6.17. The number of furan rings is 1. The smallest absolute Gasteiger partial charge is 0.227 e. The number of nitrogens with zero attached hydrogens (tertiary/aromatic N) is 2. The number of fused-ring (bicyclic) bond motifs is 9. The Bertz CT molecular complexity index is 2750. The van der Waals surface area contributed by atoms with Gasteiger partial charge in [-0.3, -0.25) is 0 Å². The van der Waals surface area contributed by atoms with E-state index in [0.717, 1.165) is 55.4 Å². The predicted molar refractivity (Wildman–Crippen MR) is 184 cm³/mol. The fraction of sp³-hybridized carbons (Fsp3) is 0. The van der Waals surface area contributed by atoms with Crippen molar-refractivity contribution in [3.63, 3.8) is 0 Å². The molecular weight excluding hydrogens is 552 g/mol. The molecule has 0 atom stereocenters. The molecule has 0 amide bonds. The van der Waals surface area contributed by atoms with E-state index in [4.69, 9.17) is 13.8 Å². The number of aromatic nitrogens is 2. The van der Waals surface area contributed by atoms with Gasteiger partial charge in [0.25, 0.3) is 0 Å². The second kappa shape index (κ2) is 9.18. The molecule has 45 heavy (non-hydrogen) atoms. The zero-order chi connectivity index (χ0) is 29.5. The summed E-state index contributed by atoms with van der Waals surface area (Å²) in [5.74, 6) is 0.590. The first-order valence-electron chi connectivity index (χ1n) is 15.1. The summed E-state index contributed by atoms with van der Waals surface area (Å²) < 4.78 is 15.1. The van der Waals surface area contributed by atoms with Crippen molar-refractivity contribution in [1.82, 2.24) is 9.55 Å². The van der Waals surface area contributed by atoms with Gasteiger partial charge in [-0.2, -0.15) is 0 Å². The third-order valence-corrected chi connectivity index (χ3v) is 9.01. The van der Waals surface area contributed by atoms with E-state index in [-0.39, 0.29) is 0 Å². The molecule has 0 bridgehead atoms. The largest absolute Gasteiger partial charge is 0.456 e. The van der Waals surface area contributed by atoms with Gasteiger partial charge >= 0.3 is 0 Å². The third kappa shape index (κ3) is 3.63. The van der Waals surface area contributed by atoms with Crippen molar-refractivity contribution in [2.24, 2.45) is 0 Å². The zero-order valence-corrected chi connectivity index (χ0v) is 24.1. The summed E-state index contributed by atoms with van der Waals surface area (Å²) in [6, 6.07) is 50.9. The van der Waals surface area contributed by atoms with E-state index in [0.29, 0.717) is 5.89 Å². The van der Waals surface area contributed by atoms with Crippen molar-refractivity contribution < 1.29 is 8.83 Å². The van der Waals surface area contributed by atoms with Gasteiger partial charge in [-0.05, 0) is 88.6 Å². The van der Waals surface area contributed by atoms with Crippen LogP contribution in [0.15, 0.2) is 154 Å². The van der Waals surface area contributed by atoms with Crippen LogP contribution in [0.25, 0.3) is 93.9 Å². The molecule has 0 N–H and O–H groups in total. The summed E-state index contributed by atoms with van der Waals surface area (Å²) in [5, 5.41) is 6.94. The molecule has 210 valence electrons. The fourth-order valence-corrected chi connectivity index (χ4v) is 6.87. The van der Waals surface area contributed by atoms with E-state index in [2.05, 4.69) is 132 Å². The van der Waals surface area contributed by atoms with Gasteiger partial charge in [-0.25, -0.2) is 4.98 Å². The average molecular weight is 577 g/mol. The van der Waals surface area contributed by atoms with Gasteiger partial charge in [0.1, 0.15) is 16.7 Å². The maximum absolute atomic E-state index is 6.49. The van der Waals surface area contributed by atoms with Crippen LogP contribution in [0.5, 0.6) is 0 Å². The Hall–Kier alpha value is -6.13. The number of rotatable bonds is 3. The lowest BCUT2D eigenvalue weighted by Gasteiger charge is -2.09. The molecule has 0 radical (unpaired) electrons. The summed E-state index contributed by atoms with van der Waals surface area (Å²) >= 11 is 0. The summed E-state index contributed by atoms with van der Waals surface area (Å²) in [6.45, 7) is 0. The molecule has 3 heterocycles. The maximum atomic E-state index is 6.49. The molecule has 10 rings (SSSR count). The first-order chi connectivity index (χ1) is 22.3. The number of hydrogen-bond donors (Lipinski definition) is 0. The Labute approximate surface area is 257 Å². The number of hydrogen-bond acceptors (Lipinski definition) is 3. The molecule has 0 aliphatic rings. The Morgan fingerprint density at radius 1 is 0.467 bits per heavy atom. The molecular formula is C41H24N2O2. The lowest BCUT2D eigenvalue weighted by atomic mass is 10.0. The summed E-state index contributed by atoms with van der Waals surface area (Å²) in [5.41, 5.74) is 9.84. The molecule has 0 fully saturated rings. The highest BCUT2D eigenvalue weighted by atomic mass is 16.4. The fourth-order valence-electron chi connectivity index (χ4n) is 6.87. The average Bonchev–Trinajstić information content (AvgIpc) is 3.79. The number of benzene rings is 7. The summed E-state index contributed by atoms with van der Waals surface area (Å²) in [6.07, 6.45) is 0. The Morgan fingerprint density at radius 3 is 2.09 bits per heavy atom. The Morgan fingerprint density at radius 2 is 1.22 bits per heavy atom. The van der Waals surface area contributed by atoms with Crippen LogP contribution >= 0.6 is 0 Å². The van der Waals surface area contributed by atoms with Gasteiger partial charge in [-0.15, -0.1) is 0 Å². The van der Waals surface area contributed by atoms with Gasteiger partial charge in [0, 0.05) is 27.4 Å². The van der Waals surface area contributed by atoms with Crippen LogP contribution in [0.2, 0.25) is 0 Å². The van der Waals surface area contributed by atoms with E-state index in [1.807, 2.05) is 18.2 Å². The third-order valence-electron chi connectivity index (χ3n) is 9.01. The van der Waals surface area contributed by atoms with Gasteiger partial charge in [-0.1, -0.05) is 78.9 Å². The molecule has 0 aliphatic carbocycles. The molecule has 4 nitrogen and oxygen atoms in total. The molecule has 0 spiro atoms. The normalized spacial score (nSPS) is 12.0. The van der Waals surface area contributed by atoms with E-state index < -0.39 is 0 Å². The van der Waals surface area contributed by atoms with E-state index in [1.54, 1.807) is 0 Å². The van der Waals surface area contributed by atoms with Crippen molar-refractivity contribution in [3.8, 4) is 28.3 Å². The van der Waals surface area contributed by atoms with Gasteiger partial charge in [0.15, 0.2) is 5.58 Å². The lowest BCUT2D eigenvalue weighted by Crippen LogP contribution is -1.93. The van der Waals surface area contributed by atoms with Crippen molar-refractivity contribution in [2.45, 2.75) is 0 Å². The molecule has 0 saturated heterocycles. The molecule has 3 aromatic heterocycles. The Kier molecular flexibility index (Phi) is 4.96. The minimum atomic E-state index is 0.590. The van der Waals surface area contributed by atoms with Gasteiger partial charge in [0.2, 0.25) is 5.89 Å². The minimum Gasteiger partial charge on any atom is -0.456 e. The van der Waals surface area contributed by atoms with Crippen LogP contribution < -0.4 is 0 Å². The van der Waals surface area contributed by atoms with E-state index in [1.165, 1.54) is 32.6 Å². The monoisotopic (exact) mass is 576 g/mol. The van der Waals surface area contributed by atoms with Crippen LogP contribution in [0.3, 0.4) is 0 Å². The summed E-state index contributed by atoms with van der Waals surface area (Å²) in [7, 11) is 0. The van der Waals surface area contributed by atoms with E-state index >= 15 is 0 Å². The van der Waals surface area contributed by atoms with Crippen molar-refractivity contribution in [1.29, 1.82) is 0 Å². The number of para-hydroxylation sites is 1. The van der Waals surface area contributed by atoms with Crippen molar-refractivity contribution in [3.05, 3.63) is 146 Å². The molecule has 4 heteroatoms. The quantitative estimate of drug-likeness (QED) is 0.210. The van der Waals surface area contributed by atoms with E-state index in [9.17, 15) is 0 Å². The van der Waals surface area contributed by atoms with Crippen LogP contribution in [0, 0.1) is 0 Å². The predicted octanol–water partition coefficient (Wildman–Crippen LogP) is 11.3. The Balaban J connectivity index is 1.09. The summed E-state index contributed by atoms with van der Waals surface area (Å²) in [4.78, 5) is 4.90. The van der Waals surface area contributed by atoms with Crippen LogP contribution in [0.1, 0.15) is 0 Å². The maximum Gasteiger partial charge on any atom is 0.227 e. The SMILES string of the molecule is c1ccc(-c2ccc3c(c2)oc2ccc4nc(-c5ccc(-n6c7ccccc7c7cc8ccccc8cc76)cc5)oc4c23)cc1.